The zero-order valence-electron chi connectivity index (χ0n) is 17.4. The molecule has 3 rings (SSSR count). The van der Waals surface area contributed by atoms with Crippen molar-refractivity contribution in [3.63, 3.8) is 0 Å². The van der Waals surface area contributed by atoms with Gasteiger partial charge < -0.3 is 9.64 Å². The van der Waals surface area contributed by atoms with Crippen molar-refractivity contribution >= 4 is 5.91 Å². The standard InChI is InChI=1S/C24H31FN2O2/c1-19(2)21-10-7-20(8-11-21)9-12-24(28)27-15-13-26(14-16-27)17-18-29-23-6-4-3-5-22(23)25/h3-8,10-11,19H,9,12-18H2,1-2H3. The molecule has 2 aromatic carbocycles. The van der Waals surface area contributed by atoms with Gasteiger partial charge in [-0.25, -0.2) is 4.39 Å². The predicted octanol–water partition coefficient (Wildman–Crippen LogP) is 4.10. The van der Waals surface area contributed by atoms with Crippen LogP contribution in [0, 0.1) is 5.82 Å². The molecule has 156 valence electrons. The molecule has 4 nitrogen and oxygen atoms in total. The van der Waals surface area contributed by atoms with E-state index in [2.05, 4.69) is 43.0 Å². The highest BCUT2D eigenvalue weighted by molar-refractivity contribution is 5.76. The Bertz CT molecular complexity index is 784. The van der Waals surface area contributed by atoms with E-state index in [0.29, 0.717) is 24.7 Å². The summed E-state index contributed by atoms with van der Waals surface area (Å²) in [6.07, 6.45) is 1.34. The van der Waals surface area contributed by atoms with Gasteiger partial charge in [-0.3, -0.25) is 9.69 Å². The first-order valence-corrected chi connectivity index (χ1v) is 10.5. The summed E-state index contributed by atoms with van der Waals surface area (Å²) in [5, 5.41) is 0. The van der Waals surface area contributed by atoms with Crippen molar-refractivity contribution in [1.82, 2.24) is 9.80 Å². The molecule has 0 saturated carbocycles. The largest absolute Gasteiger partial charge is 0.489 e. The Morgan fingerprint density at radius 3 is 2.38 bits per heavy atom. The van der Waals surface area contributed by atoms with E-state index in [9.17, 15) is 9.18 Å². The normalized spacial score (nSPS) is 15.0. The second-order valence-corrected chi connectivity index (χ2v) is 7.90. The molecular weight excluding hydrogens is 367 g/mol. The first-order chi connectivity index (χ1) is 14.0. The summed E-state index contributed by atoms with van der Waals surface area (Å²) in [7, 11) is 0. The molecule has 0 radical (unpaired) electrons. The summed E-state index contributed by atoms with van der Waals surface area (Å²) in [6.45, 7) is 8.69. The van der Waals surface area contributed by atoms with Crippen LogP contribution in [0.2, 0.25) is 0 Å². The Kier molecular flexibility index (Phi) is 7.64. The third-order valence-corrected chi connectivity index (χ3v) is 5.50. The third-order valence-electron chi connectivity index (χ3n) is 5.50. The van der Waals surface area contributed by atoms with Crippen LogP contribution in [0.5, 0.6) is 5.75 Å². The number of para-hydroxylation sites is 1. The number of rotatable bonds is 8. The molecule has 1 amide bonds. The van der Waals surface area contributed by atoms with Crippen molar-refractivity contribution in [2.45, 2.75) is 32.6 Å². The van der Waals surface area contributed by atoms with Crippen molar-refractivity contribution in [3.05, 3.63) is 65.5 Å². The number of carbonyl (C=O) groups excluding carboxylic acids is 1. The lowest BCUT2D eigenvalue weighted by Crippen LogP contribution is -2.49. The second kappa shape index (κ2) is 10.4. The predicted molar refractivity (Wildman–Crippen MR) is 114 cm³/mol. The van der Waals surface area contributed by atoms with Crippen LogP contribution in [0.1, 0.15) is 37.3 Å². The summed E-state index contributed by atoms with van der Waals surface area (Å²) in [6, 6.07) is 15.0. The first kappa shape index (κ1) is 21.3. The quantitative estimate of drug-likeness (QED) is 0.671. The molecule has 5 heteroatoms. The molecule has 0 unspecified atom stereocenters. The third kappa shape index (κ3) is 6.29. The topological polar surface area (TPSA) is 32.8 Å². The maximum Gasteiger partial charge on any atom is 0.222 e. The van der Waals surface area contributed by atoms with Gasteiger partial charge in [0.25, 0.3) is 0 Å². The highest BCUT2D eigenvalue weighted by atomic mass is 19.1. The lowest BCUT2D eigenvalue weighted by atomic mass is 10.00. The van der Waals surface area contributed by atoms with E-state index in [0.717, 1.165) is 39.1 Å². The average Bonchev–Trinajstić information content (AvgIpc) is 2.74. The molecule has 1 saturated heterocycles. The van der Waals surface area contributed by atoms with Gasteiger partial charge in [0.2, 0.25) is 5.91 Å². The van der Waals surface area contributed by atoms with Gasteiger partial charge in [0.05, 0.1) is 0 Å². The Morgan fingerprint density at radius 2 is 1.72 bits per heavy atom. The molecule has 0 aliphatic carbocycles. The van der Waals surface area contributed by atoms with Crippen LogP contribution in [-0.4, -0.2) is 55.0 Å². The molecular formula is C24H31FN2O2. The summed E-state index contributed by atoms with van der Waals surface area (Å²) in [4.78, 5) is 16.7. The maximum absolute atomic E-state index is 13.6. The average molecular weight is 399 g/mol. The zero-order valence-corrected chi connectivity index (χ0v) is 17.4. The van der Waals surface area contributed by atoms with Gasteiger partial charge in [-0.1, -0.05) is 50.2 Å². The van der Waals surface area contributed by atoms with Crippen LogP contribution in [0.4, 0.5) is 4.39 Å². The minimum absolute atomic E-state index is 0.222. The molecule has 29 heavy (non-hydrogen) atoms. The Balaban J connectivity index is 1.35. The van der Waals surface area contributed by atoms with Crippen LogP contribution in [0.15, 0.2) is 48.5 Å². The minimum Gasteiger partial charge on any atom is -0.489 e. The van der Waals surface area contributed by atoms with Gasteiger partial charge in [0, 0.05) is 39.1 Å². The zero-order chi connectivity index (χ0) is 20.6. The van der Waals surface area contributed by atoms with Crippen molar-refractivity contribution in [1.29, 1.82) is 0 Å². The molecule has 1 heterocycles. The van der Waals surface area contributed by atoms with E-state index in [1.165, 1.54) is 17.2 Å². The van der Waals surface area contributed by atoms with E-state index >= 15 is 0 Å². The number of halogens is 1. The molecule has 0 aromatic heterocycles. The van der Waals surface area contributed by atoms with Gasteiger partial charge in [-0.2, -0.15) is 0 Å². The van der Waals surface area contributed by atoms with Crippen molar-refractivity contribution in [2.75, 3.05) is 39.3 Å². The number of ether oxygens (including phenoxy) is 1. The van der Waals surface area contributed by atoms with Crippen molar-refractivity contribution in [3.8, 4) is 5.75 Å². The van der Waals surface area contributed by atoms with E-state index < -0.39 is 0 Å². The van der Waals surface area contributed by atoms with Gasteiger partial charge in [-0.05, 0) is 35.6 Å². The summed E-state index contributed by atoms with van der Waals surface area (Å²) in [5.74, 6) is 0.712. The Labute approximate surface area is 173 Å². The van der Waals surface area contributed by atoms with E-state index in [4.69, 9.17) is 4.74 Å². The number of piperazine rings is 1. The molecule has 2 aromatic rings. The summed E-state index contributed by atoms with van der Waals surface area (Å²) in [5.41, 5.74) is 2.54. The lowest BCUT2D eigenvalue weighted by molar-refractivity contribution is -0.132. The second-order valence-electron chi connectivity index (χ2n) is 7.90. The first-order valence-electron chi connectivity index (χ1n) is 10.5. The van der Waals surface area contributed by atoms with Crippen LogP contribution < -0.4 is 4.74 Å². The van der Waals surface area contributed by atoms with E-state index in [-0.39, 0.29) is 11.7 Å². The van der Waals surface area contributed by atoms with Crippen LogP contribution in [0.25, 0.3) is 0 Å². The van der Waals surface area contributed by atoms with Crippen LogP contribution in [0.3, 0.4) is 0 Å². The number of aryl methyl sites for hydroxylation is 1. The number of benzene rings is 2. The molecule has 0 bridgehead atoms. The fourth-order valence-electron chi connectivity index (χ4n) is 3.55. The number of hydrogen-bond donors (Lipinski definition) is 0. The van der Waals surface area contributed by atoms with Crippen LogP contribution >= 0.6 is 0 Å². The number of hydrogen-bond acceptors (Lipinski definition) is 3. The minimum atomic E-state index is -0.332. The highest BCUT2D eigenvalue weighted by Gasteiger charge is 2.20. The SMILES string of the molecule is CC(C)c1ccc(CCC(=O)N2CCN(CCOc3ccccc3F)CC2)cc1. The Hall–Kier alpha value is -2.40. The molecule has 0 spiro atoms. The van der Waals surface area contributed by atoms with Gasteiger partial charge in [-0.15, -0.1) is 0 Å². The lowest BCUT2D eigenvalue weighted by Gasteiger charge is -2.34. The maximum atomic E-state index is 13.6. The van der Waals surface area contributed by atoms with Crippen molar-refractivity contribution in [2.24, 2.45) is 0 Å². The number of nitrogens with zero attached hydrogens (tertiary/aromatic N) is 2. The fourth-order valence-corrected chi connectivity index (χ4v) is 3.55. The summed E-state index contributed by atoms with van der Waals surface area (Å²) < 4.78 is 19.1. The van der Waals surface area contributed by atoms with E-state index in [1.807, 2.05) is 4.90 Å². The van der Waals surface area contributed by atoms with Gasteiger partial charge in [0.1, 0.15) is 6.61 Å². The van der Waals surface area contributed by atoms with Crippen molar-refractivity contribution < 1.29 is 13.9 Å². The van der Waals surface area contributed by atoms with Gasteiger partial charge >= 0.3 is 0 Å². The van der Waals surface area contributed by atoms with E-state index in [1.54, 1.807) is 18.2 Å². The molecule has 1 aliphatic rings. The number of amides is 1. The fraction of sp³-hybridized carbons (Fsp3) is 0.458. The monoisotopic (exact) mass is 398 g/mol. The van der Waals surface area contributed by atoms with Gasteiger partial charge in [0.15, 0.2) is 11.6 Å². The molecule has 0 N–H and O–H groups in total. The molecule has 1 aliphatic heterocycles. The van der Waals surface area contributed by atoms with Crippen LogP contribution in [-0.2, 0) is 11.2 Å². The molecule has 1 fully saturated rings. The number of carbonyl (C=O) groups is 1. The molecule has 0 atom stereocenters. The highest BCUT2D eigenvalue weighted by Crippen LogP contribution is 2.17. The smallest absolute Gasteiger partial charge is 0.222 e. The Morgan fingerprint density at radius 1 is 1.03 bits per heavy atom. The summed E-state index contributed by atoms with van der Waals surface area (Å²) >= 11 is 0.